The van der Waals surface area contributed by atoms with E-state index in [4.69, 9.17) is 11.6 Å². The van der Waals surface area contributed by atoms with Gasteiger partial charge in [-0.1, -0.05) is 35.9 Å². The molecule has 2 N–H and O–H groups in total. The topological polar surface area (TPSA) is 58.2 Å². The van der Waals surface area contributed by atoms with E-state index in [0.717, 1.165) is 11.1 Å². The van der Waals surface area contributed by atoms with Crippen molar-refractivity contribution in [2.24, 2.45) is 0 Å². The second-order valence-electron chi connectivity index (χ2n) is 4.68. The number of halogens is 1. The van der Waals surface area contributed by atoms with Crippen LogP contribution < -0.4 is 10.6 Å². The summed E-state index contributed by atoms with van der Waals surface area (Å²) in [6.45, 7) is 3.68. The Morgan fingerprint density at radius 2 is 1.43 bits per heavy atom. The third-order valence-electron chi connectivity index (χ3n) is 3.05. The Bertz CT molecular complexity index is 698. The van der Waals surface area contributed by atoms with Gasteiger partial charge in [-0.2, -0.15) is 0 Å². The Labute approximate surface area is 128 Å². The van der Waals surface area contributed by atoms with E-state index in [9.17, 15) is 9.59 Å². The molecule has 4 nitrogen and oxygen atoms in total. The summed E-state index contributed by atoms with van der Waals surface area (Å²) in [7, 11) is 0. The van der Waals surface area contributed by atoms with E-state index >= 15 is 0 Å². The van der Waals surface area contributed by atoms with Crippen LogP contribution in [0.5, 0.6) is 0 Å². The number of amides is 2. The first kappa shape index (κ1) is 15.1. The van der Waals surface area contributed by atoms with Crippen LogP contribution in [0.3, 0.4) is 0 Å². The molecule has 0 aromatic heterocycles. The van der Waals surface area contributed by atoms with Gasteiger partial charge >= 0.3 is 11.8 Å². The van der Waals surface area contributed by atoms with Crippen molar-refractivity contribution in [3.05, 3.63) is 58.6 Å². The third kappa shape index (κ3) is 3.83. The molecule has 0 saturated heterocycles. The molecule has 2 rings (SSSR count). The van der Waals surface area contributed by atoms with Crippen LogP contribution in [-0.2, 0) is 9.59 Å². The molecule has 2 amide bonds. The molecule has 0 unspecified atom stereocenters. The van der Waals surface area contributed by atoms with Crippen LogP contribution in [0.2, 0.25) is 5.02 Å². The minimum absolute atomic E-state index is 0.496. The molecule has 0 bridgehead atoms. The number of carbonyl (C=O) groups is 2. The number of para-hydroxylation sites is 1. The van der Waals surface area contributed by atoms with Gasteiger partial charge < -0.3 is 10.6 Å². The van der Waals surface area contributed by atoms with Gasteiger partial charge in [0.15, 0.2) is 0 Å². The van der Waals surface area contributed by atoms with E-state index in [-0.39, 0.29) is 0 Å². The van der Waals surface area contributed by atoms with Crippen molar-refractivity contribution >= 4 is 34.8 Å². The molecular formula is C16H15ClN2O2. The fourth-order valence-electron chi connectivity index (χ4n) is 1.80. The highest BCUT2D eigenvalue weighted by atomic mass is 35.5. The molecule has 0 aliphatic rings. The zero-order chi connectivity index (χ0) is 15.4. The summed E-state index contributed by atoms with van der Waals surface area (Å²) in [6.07, 6.45) is 0. The molecule has 21 heavy (non-hydrogen) atoms. The van der Waals surface area contributed by atoms with Gasteiger partial charge in [0, 0.05) is 16.4 Å². The van der Waals surface area contributed by atoms with E-state index in [2.05, 4.69) is 10.6 Å². The molecule has 2 aromatic carbocycles. The summed E-state index contributed by atoms with van der Waals surface area (Å²) in [5.74, 6) is -1.45. The smallest absolute Gasteiger partial charge is 0.314 e. The average molecular weight is 303 g/mol. The first-order valence-electron chi connectivity index (χ1n) is 6.41. The van der Waals surface area contributed by atoms with Gasteiger partial charge in [-0.15, -0.1) is 0 Å². The highest BCUT2D eigenvalue weighted by molar-refractivity contribution is 6.44. The molecule has 108 valence electrons. The van der Waals surface area contributed by atoms with Gasteiger partial charge in [-0.3, -0.25) is 9.59 Å². The van der Waals surface area contributed by atoms with Crippen molar-refractivity contribution in [1.29, 1.82) is 0 Å². The summed E-state index contributed by atoms with van der Waals surface area (Å²) in [4.78, 5) is 23.8. The van der Waals surface area contributed by atoms with Gasteiger partial charge in [0.05, 0.1) is 0 Å². The minimum Gasteiger partial charge on any atom is -0.318 e. The van der Waals surface area contributed by atoms with Crippen LogP contribution >= 0.6 is 11.6 Å². The number of aryl methyl sites for hydroxylation is 2. The van der Waals surface area contributed by atoms with E-state index in [1.807, 2.05) is 26.0 Å². The van der Waals surface area contributed by atoms with E-state index in [1.54, 1.807) is 30.3 Å². The number of anilines is 2. The predicted octanol–water partition coefficient (Wildman–Crippen LogP) is 3.53. The SMILES string of the molecule is Cc1ccccc1NC(=O)C(=O)Nc1cc(Cl)ccc1C. The highest BCUT2D eigenvalue weighted by Gasteiger charge is 2.15. The lowest BCUT2D eigenvalue weighted by molar-refractivity contribution is -0.133. The lowest BCUT2D eigenvalue weighted by Gasteiger charge is -2.10. The zero-order valence-electron chi connectivity index (χ0n) is 11.7. The van der Waals surface area contributed by atoms with Crippen LogP contribution in [-0.4, -0.2) is 11.8 Å². The van der Waals surface area contributed by atoms with Crippen LogP contribution in [0.15, 0.2) is 42.5 Å². The molecular weight excluding hydrogens is 288 g/mol. The Morgan fingerprint density at radius 1 is 0.857 bits per heavy atom. The standard InChI is InChI=1S/C16H15ClN2O2/c1-10-5-3-4-6-13(10)18-15(20)16(21)19-14-9-12(17)8-7-11(14)2/h3-9H,1-2H3,(H,18,20)(H,19,21). The fourth-order valence-corrected chi connectivity index (χ4v) is 1.97. The van der Waals surface area contributed by atoms with Crippen molar-refractivity contribution in [2.45, 2.75) is 13.8 Å². The molecule has 0 fully saturated rings. The first-order chi connectivity index (χ1) is 9.97. The molecule has 0 radical (unpaired) electrons. The Kier molecular flexibility index (Phi) is 4.60. The molecule has 0 aliphatic heterocycles. The quantitative estimate of drug-likeness (QED) is 0.834. The summed E-state index contributed by atoms with van der Waals surface area (Å²) < 4.78 is 0. The van der Waals surface area contributed by atoms with Crippen LogP contribution in [0.1, 0.15) is 11.1 Å². The normalized spacial score (nSPS) is 10.0. The maximum Gasteiger partial charge on any atom is 0.314 e. The van der Waals surface area contributed by atoms with Crippen molar-refractivity contribution < 1.29 is 9.59 Å². The molecule has 5 heteroatoms. The van der Waals surface area contributed by atoms with Crippen molar-refractivity contribution in [1.82, 2.24) is 0 Å². The van der Waals surface area contributed by atoms with Crippen LogP contribution in [0.4, 0.5) is 11.4 Å². The van der Waals surface area contributed by atoms with Gasteiger partial charge in [0.25, 0.3) is 0 Å². The number of hydrogen-bond acceptors (Lipinski definition) is 2. The van der Waals surface area contributed by atoms with E-state index in [1.165, 1.54) is 0 Å². The van der Waals surface area contributed by atoms with Gasteiger partial charge in [0.1, 0.15) is 0 Å². The van der Waals surface area contributed by atoms with Gasteiger partial charge in [0.2, 0.25) is 0 Å². The van der Waals surface area contributed by atoms with Crippen molar-refractivity contribution in [2.75, 3.05) is 10.6 Å². The molecule has 0 heterocycles. The maximum atomic E-state index is 11.9. The Balaban J connectivity index is 2.08. The lowest BCUT2D eigenvalue weighted by Crippen LogP contribution is -2.29. The van der Waals surface area contributed by atoms with Gasteiger partial charge in [-0.05, 0) is 43.2 Å². The number of nitrogens with one attached hydrogen (secondary N) is 2. The number of benzene rings is 2. The Hall–Kier alpha value is -2.33. The molecule has 0 atom stereocenters. The largest absolute Gasteiger partial charge is 0.318 e. The van der Waals surface area contributed by atoms with E-state index in [0.29, 0.717) is 16.4 Å². The van der Waals surface area contributed by atoms with Gasteiger partial charge in [-0.25, -0.2) is 0 Å². The molecule has 0 saturated carbocycles. The predicted molar refractivity (Wildman–Crippen MR) is 84.6 cm³/mol. The van der Waals surface area contributed by atoms with Crippen LogP contribution in [0, 0.1) is 13.8 Å². The minimum atomic E-state index is -0.733. The molecule has 0 aliphatic carbocycles. The Morgan fingerprint density at radius 3 is 2.10 bits per heavy atom. The average Bonchev–Trinajstić information content (AvgIpc) is 2.45. The zero-order valence-corrected chi connectivity index (χ0v) is 12.5. The highest BCUT2D eigenvalue weighted by Crippen LogP contribution is 2.20. The summed E-state index contributed by atoms with van der Waals surface area (Å²) >= 11 is 5.88. The van der Waals surface area contributed by atoms with E-state index < -0.39 is 11.8 Å². The first-order valence-corrected chi connectivity index (χ1v) is 6.79. The van der Waals surface area contributed by atoms with Crippen molar-refractivity contribution in [3.8, 4) is 0 Å². The second-order valence-corrected chi connectivity index (χ2v) is 5.12. The summed E-state index contributed by atoms with van der Waals surface area (Å²) in [5.41, 5.74) is 2.85. The number of rotatable bonds is 2. The summed E-state index contributed by atoms with van der Waals surface area (Å²) in [5, 5.41) is 5.63. The van der Waals surface area contributed by atoms with Crippen molar-refractivity contribution in [3.63, 3.8) is 0 Å². The molecule has 2 aromatic rings. The monoisotopic (exact) mass is 302 g/mol. The lowest BCUT2D eigenvalue weighted by atomic mass is 10.2. The van der Waals surface area contributed by atoms with Crippen LogP contribution in [0.25, 0.3) is 0 Å². The third-order valence-corrected chi connectivity index (χ3v) is 3.28. The molecule has 0 spiro atoms. The summed E-state index contributed by atoms with van der Waals surface area (Å²) in [6, 6.07) is 12.4. The maximum absolute atomic E-state index is 11.9. The number of hydrogen-bond donors (Lipinski definition) is 2. The second kappa shape index (κ2) is 6.41. The number of carbonyl (C=O) groups excluding carboxylic acids is 2. The fraction of sp³-hybridized carbons (Fsp3) is 0.125.